The summed E-state index contributed by atoms with van der Waals surface area (Å²) in [7, 11) is 0. The fraction of sp³-hybridized carbons (Fsp3) is 0.0435. The molecule has 2 amide bonds. The van der Waals surface area contributed by atoms with Gasteiger partial charge in [-0.3, -0.25) is 19.7 Å². The Balaban J connectivity index is 1.94. The molecule has 0 atom stereocenters. The number of carbonyl (C=O) groups excluding carboxylic acids is 2. The van der Waals surface area contributed by atoms with Crippen LogP contribution in [0.2, 0.25) is 0 Å². The Morgan fingerprint density at radius 2 is 1.55 bits per heavy atom. The number of para-hydroxylation sites is 1. The van der Waals surface area contributed by atoms with Crippen LogP contribution in [0.15, 0.2) is 72.8 Å². The number of hydrogen-bond donors (Lipinski definition) is 0. The van der Waals surface area contributed by atoms with Crippen molar-refractivity contribution in [3.05, 3.63) is 105 Å². The molecule has 1 heterocycles. The SMILES string of the molecule is Cc1cccc(N2C(=O)/C(=C/c3ccccc3[N+](=O)[O-])c3ccccc3C2=O)c1. The Kier molecular flexibility index (Phi) is 4.52. The van der Waals surface area contributed by atoms with Crippen molar-refractivity contribution in [1.29, 1.82) is 0 Å². The highest BCUT2D eigenvalue weighted by Crippen LogP contribution is 2.34. The van der Waals surface area contributed by atoms with E-state index in [0.717, 1.165) is 10.5 Å². The number of fused-ring (bicyclic) bond motifs is 1. The van der Waals surface area contributed by atoms with Crippen LogP contribution in [-0.2, 0) is 4.79 Å². The van der Waals surface area contributed by atoms with Crippen LogP contribution < -0.4 is 4.90 Å². The summed E-state index contributed by atoms with van der Waals surface area (Å²) >= 11 is 0. The molecule has 6 heteroatoms. The van der Waals surface area contributed by atoms with Gasteiger partial charge in [-0.1, -0.05) is 42.5 Å². The molecule has 0 saturated heterocycles. The van der Waals surface area contributed by atoms with E-state index in [0.29, 0.717) is 22.4 Å². The van der Waals surface area contributed by atoms with Gasteiger partial charge in [0, 0.05) is 17.2 Å². The van der Waals surface area contributed by atoms with Gasteiger partial charge < -0.3 is 0 Å². The van der Waals surface area contributed by atoms with Gasteiger partial charge in [-0.15, -0.1) is 0 Å². The van der Waals surface area contributed by atoms with Gasteiger partial charge in [0.1, 0.15) is 0 Å². The highest BCUT2D eigenvalue weighted by molar-refractivity contribution is 6.43. The summed E-state index contributed by atoms with van der Waals surface area (Å²) < 4.78 is 0. The largest absolute Gasteiger partial charge is 0.276 e. The lowest BCUT2D eigenvalue weighted by Gasteiger charge is -2.29. The second-order valence-electron chi connectivity index (χ2n) is 6.70. The topological polar surface area (TPSA) is 80.5 Å². The minimum Gasteiger partial charge on any atom is -0.268 e. The summed E-state index contributed by atoms with van der Waals surface area (Å²) in [5, 5.41) is 11.4. The van der Waals surface area contributed by atoms with Gasteiger partial charge in [0.25, 0.3) is 17.5 Å². The van der Waals surface area contributed by atoms with Gasteiger partial charge in [0.2, 0.25) is 0 Å². The van der Waals surface area contributed by atoms with E-state index in [1.54, 1.807) is 60.7 Å². The maximum Gasteiger partial charge on any atom is 0.276 e. The van der Waals surface area contributed by atoms with Crippen LogP contribution in [0.5, 0.6) is 0 Å². The van der Waals surface area contributed by atoms with Crippen molar-refractivity contribution in [1.82, 2.24) is 0 Å². The quantitative estimate of drug-likeness (QED) is 0.285. The Hall–Kier alpha value is -4.06. The van der Waals surface area contributed by atoms with Crippen LogP contribution in [-0.4, -0.2) is 16.7 Å². The molecule has 0 spiro atoms. The van der Waals surface area contributed by atoms with Crippen molar-refractivity contribution in [3.63, 3.8) is 0 Å². The van der Waals surface area contributed by atoms with Crippen molar-refractivity contribution in [2.24, 2.45) is 0 Å². The lowest BCUT2D eigenvalue weighted by molar-refractivity contribution is -0.385. The van der Waals surface area contributed by atoms with Gasteiger partial charge in [0.15, 0.2) is 0 Å². The molecular weight excluding hydrogens is 368 g/mol. The molecular formula is C23H16N2O4. The van der Waals surface area contributed by atoms with Crippen LogP contribution in [0.4, 0.5) is 11.4 Å². The summed E-state index contributed by atoms with van der Waals surface area (Å²) in [6.45, 7) is 1.88. The molecule has 1 aliphatic rings. The summed E-state index contributed by atoms with van der Waals surface area (Å²) in [5.41, 5.74) is 2.63. The third-order valence-electron chi connectivity index (χ3n) is 4.78. The summed E-state index contributed by atoms with van der Waals surface area (Å²) in [6.07, 6.45) is 1.48. The molecule has 0 fully saturated rings. The minimum absolute atomic E-state index is 0.107. The smallest absolute Gasteiger partial charge is 0.268 e. The molecule has 0 N–H and O–H groups in total. The van der Waals surface area contributed by atoms with E-state index in [4.69, 9.17) is 0 Å². The first-order valence-electron chi connectivity index (χ1n) is 8.97. The summed E-state index contributed by atoms with van der Waals surface area (Å²) in [4.78, 5) is 38.5. The molecule has 0 bridgehead atoms. The number of amides is 2. The zero-order chi connectivity index (χ0) is 20.5. The van der Waals surface area contributed by atoms with E-state index >= 15 is 0 Å². The molecule has 0 unspecified atom stereocenters. The van der Waals surface area contributed by atoms with Gasteiger partial charge >= 0.3 is 0 Å². The molecule has 0 saturated carbocycles. The van der Waals surface area contributed by atoms with Crippen LogP contribution in [0, 0.1) is 17.0 Å². The summed E-state index contributed by atoms with van der Waals surface area (Å²) in [5.74, 6) is -0.937. The molecule has 0 radical (unpaired) electrons. The zero-order valence-electron chi connectivity index (χ0n) is 15.5. The predicted octanol–water partition coefficient (Wildman–Crippen LogP) is 4.63. The third-order valence-corrected chi connectivity index (χ3v) is 4.78. The van der Waals surface area contributed by atoms with Crippen molar-refractivity contribution >= 4 is 34.8 Å². The molecule has 142 valence electrons. The first-order valence-corrected chi connectivity index (χ1v) is 8.97. The first-order chi connectivity index (χ1) is 14.0. The van der Waals surface area contributed by atoms with E-state index in [-0.39, 0.29) is 11.3 Å². The maximum atomic E-state index is 13.4. The van der Waals surface area contributed by atoms with E-state index < -0.39 is 16.7 Å². The predicted molar refractivity (Wildman–Crippen MR) is 110 cm³/mol. The molecule has 0 aromatic heterocycles. The molecule has 29 heavy (non-hydrogen) atoms. The highest BCUT2D eigenvalue weighted by atomic mass is 16.6. The van der Waals surface area contributed by atoms with Crippen LogP contribution in [0.25, 0.3) is 11.6 Å². The third kappa shape index (κ3) is 3.21. The number of nitro groups is 1. The second-order valence-corrected chi connectivity index (χ2v) is 6.70. The van der Waals surface area contributed by atoms with Gasteiger partial charge in [-0.2, -0.15) is 0 Å². The van der Waals surface area contributed by atoms with Gasteiger partial charge in [-0.05, 0) is 48.4 Å². The van der Waals surface area contributed by atoms with Gasteiger partial charge in [0.05, 0.1) is 16.2 Å². The Morgan fingerprint density at radius 3 is 2.28 bits per heavy atom. The van der Waals surface area contributed by atoms with Crippen LogP contribution in [0.1, 0.15) is 27.0 Å². The number of aryl methyl sites for hydroxylation is 1. The number of benzene rings is 3. The Bertz CT molecular complexity index is 1200. The number of imide groups is 1. The van der Waals surface area contributed by atoms with E-state index in [1.807, 2.05) is 13.0 Å². The first kappa shape index (κ1) is 18.3. The monoisotopic (exact) mass is 384 g/mol. The van der Waals surface area contributed by atoms with Crippen molar-refractivity contribution in [2.45, 2.75) is 6.92 Å². The summed E-state index contributed by atoms with van der Waals surface area (Å²) in [6, 6.07) is 20.1. The molecule has 3 aromatic carbocycles. The number of hydrogen-bond acceptors (Lipinski definition) is 4. The number of anilines is 1. The second kappa shape index (κ2) is 7.16. The van der Waals surface area contributed by atoms with E-state index in [2.05, 4.69) is 0 Å². The van der Waals surface area contributed by atoms with E-state index in [9.17, 15) is 19.7 Å². The average Bonchev–Trinajstić information content (AvgIpc) is 2.71. The van der Waals surface area contributed by atoms with E-state index in [1.165, 1.54) is 12.1 Å². The maximum absolute atomic E-state index is 13.4. The highest BCUT2D eigenvalue weighted by Gasteiger charge is 2.36. The number of rotatable bonds is 3. The zero-order valence-corrected chi connectivity index (χ0v) is 15.5. The minimum atomic E-state index is -0.516. The molecule has 1 aliphatic heterocycles. The standard InChI is InChI=1S/C23H16N2O4/c1-15-7-6-9-17(13-15)24-22(26)19-11-4-3-10-18(19)20(23(24)27)14-16-8-2-5-12-21(16)25(28)29/h2-14H,1H3/b20-14+. The number of carbonyl (C=O) groups is 2. The fourth-order valence-corrected chi connectivity index (χ4v) is 3.43. The van der Waals surface area contributed by atoms with Crippen molar-refractivity contribution in [3.8, 4) is 0 Å². The van der Waals surface area contributed by atoms with Crippen LogP contribution in [0.3, 0.4) is 0 Å². The normalized spacial score (nSPS) is 14.8. The van der Waals surface area contributed by atoms with Crippen LogP contribution >= 0.6 is 0 Å². The number of nitrogens with zero attached hydrogens (tertiary/aromatic N) is 2. The van der Waals surface area contributed by atoms with Gasteiger partial charge in [-0.25, -0.2) is 4.90 Å². The number of nitro benzene ring substituents is 1. The molecule has 0 aliphatic carbocycles. The Labute approximate surface area is 166 Å². The molecule has 4 rings (SSSR count). The molecule has 6 nitrogen and oxygen atoms in total. The lowest BCUT2D eigenvalue weighted by atomic mass is 9.91. The van der Waals surface area contributed by atoms with Crippen molar-refractivity contribution < 1.29 is 14.5 Å². The van der Waals surface area contributed by atoms with Crippen molar-refractivity contribution in [2.75, 3.05) is 4.90 Å². The fourth-order valence-electron chi connectivity index (χ4n) is 3.43. The molecule has 3 aromatic rings. The Morgan fingerprint density at radius 1 is 0.862 bits per heavy atom. The lowest BCUT2D eigenvalue weighted by Crippen LogP contribution is -2.41. The average molecular weight is 384 g/mol.